The molecular formula is C14H19FN2O4S. The van der Waals surface area contributed by atoms with Crippen molar-refractivity contribution in [2.75, 3.05) is 18.9 Å². The lowest BCUT2D eigenvalue weighted by Gasteiger charge is -2.31. The Hall–Kier alpha value is -1.25. The molecule has 0 saturated carbocycles. The van der Waals surface area contributed by atoms with Crippen molar-refractivity contribution in [2.45, 2.75) is 38.0 Å². The SMILES string of the molecule is CCS(=O)(=O)N1C[C@@H](Oc2ncccc2F)[C@@H]2OCCC[C@@H]21. The Morgan fingerprint density at radius 3 is 3.09 bits per heavy atom. The zero-order valence-corrected chi connectivity index (χ0v) is 13.1. The normalized spacial score (nSPS) is 29.3. The Kier molecular flexibility index (Phi) is 4.33. The number of fused-ring (bicyclic) bond motifs is 1. The van der Waals surface area contributed by atoms with E-state index < -0.39 is 21.9 Å². The number of hydrogen-bond donors (Lipinski definition) is 0. The Morgan fingerprint density at radius 1 is 1.55 bits per heavy atom. The van der Waals surface area contributed by atoms with Crippen LogP contribution in [-0.2, 0) is 14.8 Å². The van der Waals surface area contributed by atoms with Gasteiger partial charge in [0.1, 0.15) is 12.2 Å². The van der Waals surface area contributed by atoms with Crippen molar-refractivity contribution in [3.8, 4) is 5.88 Å². The number of aromatic nitrogens is 1. The van der Waals surface area contributed by atoms with Crippen LogP contribution in [0.4, 0.5) is 4.39 Å². The minimum Gasteiger partial charge on any atom is -0.468 e. The van der Waals surface area contributed by atoms with Gasteiger partial charge >= 0.3 is 0 Å². The third-order valence-corrected chi connectivity index (χ3v) is 6.00. The number of rotatable bonds is 4. The van der Waals surface area contributed by atoms with Gasteiger partial charge in [-0.15, -0.1) is 0 Å². The summed E-state index contributed by atoms with van der Waals surface area (Å²) in [6.07, 6.45) is 2.05. The van der Waals surface area contributed by atoms with Crippen molar-refractivity contribution >= 4 is 10.0 Å². The highest BCUT2D eigenvalue weighted by Gasteiger charge is 2.49. The first kappa shape index (κ1) is 15.6. The molecule has 0 bridgehead atoms. The zero-order chi connectivity index (χ0) is 15.7. The second kappa shape index (κ2) is 6.10. The first-order chi connectivity index (χ1) is 10.5. The lowest BCUT2D eigenvalue weighted by molar-refractivity contribution is -0.0434. The Labute approximate surface area is 129 Å². The van der Waals surface area contributed by atoms with Gasteiger partial charge in [-0.2, -0.15) is 4.31 Å². The summed E-state index contributed by atoms with van der Waals surface area (Å²) in [5.41, 5.74) is 0. The average Bonchev–Trinajstić information content (AvgIpc) is 2.89. The lowest BCUT2D eigenvalue weighted by Crippen LogP contribution is -2.44. The van der Waals surface area contributed by atoms with Gasteiger partial charge in [0.05, 0.1) is 18.3 Å². The highest BCUT2D eigenvalue weighted by atomic mass is 32.2. The van der Waals surface area contributed by atoms with Gasteiger partial charge < -0.3 is 9.47 Å². The van der Waals surface area contributed by atoms with E-state index in [0.717, 1.165) is 12.8 Å². The van der Waals surface area contributed by atoms with Gasteiger partial charge in [-0.05, 0) is 31.9 Å². The molecule has 3 atom stereocenters. The third kappa shape index (κ3) is 2.82. The largest absolute Gasteiger partial charge is 0.468 e. The lowest BCUT2D eigenvalue weighted by atomic mass is 10.0. The van der Waals surface area contributed by atoms with Gasteiger partial charge in [-0.3, -0.25) is 0 Å². The molecule has 122 valence electrons. The number of ether oxygens (including phenoxy) is 2. The van der Waals surface area contributed by atoms with Gasteiger partial charge in [-0.1, -0.05) is 0 Å². The molecule has 0 amide bonds. The van der Waals surface area contributed by atoms with Gasteiger partial charge in [0.2, 0.25) is 10.0 Å². The van der Waals surface area contributed by atoms with Crippen LogP contribution in [0.2, 0.25) is 0 Å². The molecule has 3 rings (SSSR count). The van der Waals surface area contributed by atoms with E-state index in [0.29, 0.717) is 6.61 Å². The molecule has 0 aromatic carbocycles. The van der Waals surface area contributed by atoms with Crippen LogP contribution in [0.3, 0.4) is 0 Å². The monoisotopic (exact) mass is 330 g/mol. The van der Waals surface area contributed by atoms with Crippen LogP contribution in [0.25, 0.3) is 0 Å². The Morgan fingerprint density at radius 2 is 2.36 bits per heavy atom. The van der Waals surface area contributed by atoms with Gasteiger partial charge in [0, 0.05) is 12.8 Å². The summed E-state index contributed by atoms with van der Waals surface area (Å²) in [5, 5.41) is 0. The summed E-state index contributed by atoms with van der Waals surface area (Å²) in [5.74, 6) is -0.649. The highest BCUT2D eigenvalue weighted by Crippen LogP contribution is 2.33. The van der Waals surface area contributed by atoms with E-state index in [1.54, 1.807) is 6.92 Å². The summed E-state index contributed by atoms with van der Waals surface area (Å²) in [6, 6.07) is 2.50. The van der Waals surface area contributed by atoms with Crippen LogP contribution in [0.1, 0.15) is 19.8 Å². The van der Waals surface area contributed by atoms with Gasteiger partial charge in [0.25, 0.3) is 5.88 Å². The van der Waals surface area contributed by atoms with Crippen molar-refractivity contribution < 1.29 is 22.3 Å². The summed E-state index contributed by atoms with van der Waals surface area (Å²) in [6.45, 7) is 2.34. The predicted molar refractivity (Wildman–Crippen MR) is 77.5 cm³/mol. The fourth-order valence-electron chi connectivity index (χ4n) is 3.06. The fraction of sp³-hybridized carbons (Fsp3) is 0.643. The minimum absolute atomic E-state index is 0.0287. The molecule has 22 heavy (non-hydrogen) atoms. The minimum atomic E-state index is -3.34. The maximum atomic E-state index is 13.7. The molecule has 3 heterocycles. The third-order valence-electron chi connectivity index (χ3n) is 4.14. The van der Waals surface area contributed by atoms with Crippen LogP contribution in [0.5, 0.6) is 5.88 Å². The molecule has 0 aliphatic carbocycles. The average molecular weight is 330 g/mol. The van der Waals surface area contributed by atoms with Gasteiger partial charge in [-0.25, -0.2) is 17.8 Å². The van der Waals surface area contributed by atoms with E-state index in [2.05, 4.69) is 4.98 Å². The number of halogens is 1. The quantitative estimate of drug-likeness (QED) is 0.829. The van der Waals surface area contributed by atoms with Crippen molar-refractivity contribution in [3.63, 3.8) is 0 Å². The predicted octanol–water partition coefficient (Wildman–Crippen LogP) is 1.18. The Balaban J connectivity index is 1.84. The molecule has 0 unspecified atom stereocenters. The molecule has 6 nitrogen and oxygen atoms in total. The second-order valence-electron chi connectivity index (χ2n) is 5.46. The number of hydrogen-bond acceptors (Lipinski definition) is 5. The zero-order valence-electron chi connectivity index (χ0n) is 12.3. The molecular weight excluding hydrogens is 311 g/mol. The van der Waals surface area contributed by atoms with Crippen LogP contribution in [0, 0.1) is 5.82 Å². The van der Waals surface area contributed by atoms with Crippen molar-refractivity contribution in [2.24, 2.45) is 0 Å². The van der Waals surface area contributed by atoms with Crippen LogP contribution < -0.4 is 4.74 Å². The summed E-state index contributed by atoms with van der Waals surface area (Å²) in [7, 11) is -3.34. The van der Waals surface area contributed by atoms with Crippen molar-refractivity contribution in [1.29, 1.82) is 0 Å². The maximum Gasteiger partial charge on any atom is 0.250 e. The molecule has 2 aliphatic rings. The van der Waals surface area contributed by atoms with Crippen LogP contribution in [-0.4, -0.2) is 54.9 Å². The fourth-order valence-corrected chi connectivity index (χ4v) is 4.40. The first-order valence-electron chi connectivity index (χ1n) is 7.41. The molecule has 2 saturated heterocycles. The number of sulfonamides is 1. The molecule has 1 aromatic heterocycles. The van der Waals surface area contributed by atoms with Gasteiger partial charge in [0.15, 0.2) is 5.82 Å². The van der Waals surface area contributed by atoms with E-state index in [9.17, 15) is 12.8 Å². The smallest absolute Gasteiger partial charge is 0.250 e. The van der Waals surface area contributed by atoms with Crippen LogP contribution >= 0.6 is 0 Å². The molecule has 8 heteroatoms. The molecule has 1 aromatic rings. The highest BCUT2D eigenvalue weighted by molar-refractivity contribution is 7.89. The van der Waals surface area contributed by atoms with Crippen LogP contribution in [0.15, 0.2) is 18.3 Å². The summed E-state index contributed by atoms with van der Waals surface area (Å²) < 4.78 is 51.0. The number of nitrogens with zero attached hydrogens (tertiary/aromatic N) is 2. The summed E-state index contributed by atoms with van der Waals surface area (Å²) in [4.78, 5) is 3.87. The van der Waals surface area contributed by atoms with Crippen molar-refractivity contribution in [3.05, 3.63) is 24.1 Å². The molecule has 0 spiro atoms. The maximum absolute atomic E-state index is 13.7. The van der Waals surface area contributed by atoms with E-state index in [1.165, 1.54) is 22.6 Å². The number of pyridine rings is 1. The summed E-state index contributed by atoms with van der Waals surface area (Å²) >= 11 is 0. The van der Waals surface area contributed by atoms with E-state index >= 15 is 0 Å². The molecule has 2 aliphatic heterocycles. The topological polar surface area (TPSA) is 68.7 Å². The second-order valence-corrected chi connectivity index (χ2v) is 7.67. The Bertz CT molecular complexity index is 639. The first-order valence-corrected chi connectivity index (χ1v) is 9.02. The molecule has 0 radical (unpaired) electrons. The van der Waals surface area contributed by atoms with E-state index in [4.69, 9.17) is 9.47 Å². The molecule has 0 N–H and O–H groups in total. The standard InChI is InChI=1S/C14H19FN2O4S/c1-2-22(18,19)17-9-12(13-11(17)6-4-8-20-13)21-14-10(15)5-3-7-16-14/h3,5,7,11-13H,2,4,6,8-9H2,1H3/t11-,12+,13+/m0/s1. The molecule has 2 fully saturated rings. The van der Waals surface area contributed by atoms with E-state index in [1.807, 2.05) is 0 Å². The van der Waals surface area contributed by atoms with E-state index in [-0.39, 0.29) is 30.3 Å². The van der Waals surface area contributed by atoms with Crippen molar-refractivity contribution in [1.82, 2.24) is 9.29 Å².